The highest BCUT2D eigenvalue weighted by Crippen LogP contribution is 2.20. The number of anilines is 2. The molecule has 3 heterocycles. The standard InChI is InChI=1S/C18H25N5O2/c1-12-4-5-16(19-9-12)20-10-15-6-7-23(11-15)14(3)18(24)21-17-8-13(2)22-25-17/h4-5,8-9,14-15H,6-7,10-11H2,1-3H3,(H,19,20)(H,21,24)/t14-,15-/m1/s1. The second-order valence-corrected chi connectivity index (χ2v) is 6.75. The van der Waals surface area contributed by atoms with Crippen molar-refractivity contribution in [2.24, 2.45) is 5.92 Å². The minimum Gasteiger partial charge on any atom is -0.370 e. The molecule has 25 heavy (non-hydrogen) atoms. The van der Waals surface area contributed by atoms with E-state index in [1.807, 2.05) is 39.1 Å². The fourth-order valence-corrected chi connectivity index (χ4v) is 3.02. The van der Waals surface area contributed by atoms with Crippen molar-refractivity contribution in [3.8, 4) is 0 Å². The van der Waals surface area contributed by atoms with Gasteiger partial charge < -0.3 is 9.84 Å². The van der Waals surface area contributed by atoms with E-state index in [0.717, 1.165) is 43.1 Å². The van der Waals surface area contributed by atoms with Crippen molar-refractivity contribution in [2.75, 3.05) is 30.3 Å². The van der Waals surface area contributed by atoms with Crippen molar-refractivity contribution in [1.82, 2.24) is 15.0 Å². The molecule has 0 bridgehead atoms. The first-order valence-corrected chi connectivity index (χ1v) is 8.66. The van der Waals surface area contributed by atoms with Crippen LogP contribution in [0.1, 0.15) is 24.6 Å². The number of nitrogens with one attached hydrogen (secondary N) is 2. The molecule has 1 aliphatic heterocycles. The van der Waals surface area contributed by atoms with Crippen molar-refractivity contribution in [3.05, 3.63) is 35.7 Å². The molecule has 2 aromatic heterocycles. The fraction of sp³-hybridized carbons (Fsp3) is 0.500. The van der Waals surface area contributed by atoms with E-state index in [9.17, 15) is 4.79 Å². The van der Waals surface area contributed by atoms with Gasteiger partial charge in [0.05, 0.1) is 11.7 Å². The number of hydrogen-bond acceptors (Lipinski definition) is 6. The van der Waals surface area contributed by atoms with Crippen molar-refractivity contribution in [3.63, 3.8) is 0 Å². The average molecular weight is 343 g/mol. The third-order valence-electron chi connectivity index (χ3n) is 4.60. The zero-order valence-corrected chi connectivity index (χ0v) is 15.0. The van der Waals surface area contributed by atoms with Crippen molar-refractivity contribution in [2.45, 2.75) is 33.2 Å². The molecule has 134 valence electrons. The van der Waals surface area contributed by atoms with Gasteiger partial charge in [0.25, 0.3) is 0 Å². The van der Waals surface area contributed by atoms with Gasteiger partial charge >= 0.3 is 0 Å². The first-order valence-electron chi connectivity index (χ1n) is 8.66. The summed E-state index contributed by atoms with van der Waals surface area (Å²) in [6.07, 6.45) is 2.93. The number of amides is 1. The molecule has 2 N–H and O–H groups in total. The Hall–Kier alpha value is -2.41. The van der Waals surface area contributed by atoms with Crippen LogP contribution in [0.5, 0.6) is 0 Å². The highest BCUT2D eigenvalue weighted by atomic mass is 16.5. The van der Waals surface area contributed by atoms with E-state index in [2.05, 4.69) is 25.7 Å². The highest BCUT2D eigenvalue weighted by molar-refractivity contribution is 5.93. The number of hydrogen-bond donors (Lipinski definition) is 2. The zero-order chi connectivity index (χ0) is 17.8. The molecule has 0 saturated carbocycles. The lowest BCUT2D eigenvalue weighted by molar-refractivity contribution is -0.120. The summed E-state index contributed by atoms with van der Waals surface area (Å²) < 4.78 is 5.05. The maximum Gasteiger partial charge on any atom is 0.243 e. The summed E-state index contributed by atoms with van der Waals surface area (Å²) in [6.45, 7) is 8.44. The minimum absolute atomic E-state index is 0.0649. The molecule has 0 spiro atoms. The Morgan fingerprint density at radius 2 is 2.28 bits per heavy atom. The van der Waals surface area contributed by atoms with Gasteiger partial charge in [-0.15, -0.1) is 0 Å². The molecule has 7 nitrogen and oxygen atoms in total. The van der Waals surface area contributed by atoms with E-state index in [1.54, 1.807) is 6.07 Å². The Balaban J connectivity index is 1.46. The fourth-order valence-electron chi connectivity index (χ4n) is 3.02. The Bertz CT molecular complexity index is 713. The molecule has 7 heteroatoms. The predicted molar refractivity (Wildman–Crippen MR) is 96.5 cm³/mol. The van der Waals surface area contributed by atoms with E-state index in [1.165, 1.54) is 0 Å². The number of likely N-dealkylation sites (tertiary alicyclic amines) is 1. The maximum absolute atomic E-state index is 12.4. The molecule has 1 saturated heterocycles. The van der Waals surface area contributed by atoms with Crippen molar-refractivity contribution in [1.29, 1.82) is 0 Å². The van der Waals surface area contributed by atoms with Crippen LogP contribution in [0.2, 0.25) is 0 Å². The molecular formula is C18H25N5O2. The van der Waals surface area contributed by atoms with Gasteiger partial charge in [0, 0.05) is 25.4 Å². The largest absolute Gasteiger partial charge is 0.370 e. The molecule has 1 aliphatic rings. The minimum atomic E-state index is -0.201. The zero-order valence-electron chi connectivity index (χ0n) is 15.0. The van der Waals surface area contributed by atoms with Crippen molar-refractivity contribution >= 4 is 17.6 Å². The summed E-state index contributed by atoms with van der Waals surface area (Å²) in [7, 11) is 0. The number of aromatic nitrogens is 2. The number of nitrogens with zero attached hydrogens (tertiary/aromatic N) is 3. The monoisotopic (exact) mass is 343 g/mol. The van der Waals surface area contributed by atoms with Gasteiger partial charge in [-0.25, -0.2) is 4.98 Å². The maximum atomic E-state index is 12.4. The van der Waals surface area contributed by atoms with Crippen LogP contribution < -0.4 is 10.6 Å². The Labute approximate surface area is 147 Å². The second kappa shape index (κ2) is 7.65. The van der Waals surface area contributed by atoms with Gasteiger partial charge in [0.1, 0.15) is 5.82 Å². The summed E-state index contributed by atoms with van der Waals surface area (Å²) in [4.78, 5) is 18.9. The molecule has 1 fully saturated rings. The summed E-state index contributed by atoms with van der Waals surface area (Å²) in [6, 6.07) is 5.56. The predicted octanol–water partition coefficient (Wildman–Crippen LogP) is 2.45. The normalized spacial score (nSPS) is 18.9. The summed E-state index contributed by atoms with van der Waals surface area (Å²) in [5.41, 5.74) is 1.90. The Kier molecular flexibility index (Phi) is 5.33. The molecule has 3 rings (SSSR count). The van der Waals surface area contributed by atoms with Crippen LogP contribution in [0.15, 0.2) is 28.9 Å². The molecule has 0 aromatic carbocycles. The van der Waals surface area contributed by atoms with E-state index in [-0.39, 0.29) is 11.9 Å². The van der Waals surface area contributed by atoms with Crippen LogP contribution in [-0.4, -0.2) is 46.6 Å². The van der Waals surface area contributed by atoms with E-state index < -0.39 is 0 Å². The molecule has 0 radical (unpaired) electrons. The van der Waals surface area contributed by atoms with E-state index in [4.69, 9.17) is 4.52 Å². The summed E-state index contributed by atoms with van der Waals surface area (Å²) in [5, 5.41) is 9.95. The van der Waals surface area contributed by atoms with Gasteiger partial charge in [-0.2, -0.15) is 0 Å². The summed E-state index contributed by atoms with van der Waals surface area (Å²) in [5.74, 6) is 1.74. The number of pyridine rings is 1. The SMILES string of the molecule is Cc1ccc(NC[C@H]2CCN([C@H](C)C(=O)Nc3cc(C)no3)C2)nc1. The number of carbonyl (C=O) groups is 1. The number of aryl methyl sites for hydroxylation is 2. The lowest BCUT2D eigenvalue weighted by Crippen LogP contribution is -2.41. The van der Waals surface area contributed by atoms with E-state index >= 15 is 0 Å². The van der Waals surface area contributed by atoms with E-state index in [0.29, 0.717) is 11.8 Å². The smallest absolute Gasteiger partial charge is 0.243 e. The van der Waals surface area contributed by atoms with Gasteiger partial charge in [-0.05, 0) is 51.3 Å². The molecule has 2 aromatic rings. The van der Waals surface area contributed by atoms with Crippen molar-refractivity contribution < 1.29 is 9.32 Å². The highest BCUT2D eigenvalue weighted by Gasteiger charge is 2.29. The van der Waals surface area contributed by atoms with Gasteiger partial charge in [-0.1, -0.05) is 11.2 Å². The van der Waals surface area contributed by atoms with Gasteiger partial charge in [-0.3, -0.25) is 15.0 Å². The quantitative estimate of drug-likeness (QED) is 0.838. The first-order chi connectivity index (χ1) is 12.0. The van der Waals surface area contributed by atoms with Crippen LogP contribution >= 0.6 is 0 Å². The third kappa shape index (κ3) is 4.57. The molecule has 0 aliphatic carbocycles. The molecular weight excluding hydrogens is 318 g/mol. The van der Waals surface area contributed by atoms with Crippen LogP contribution in [0.25, 0.3) is 0 Å². The first kappa shape index (κ1) is 17.4. The lowest BCUT2D eigenvalue weighted by Gasteiger charge is -2.23. The number of rotatable bonds is 6. The van der Waals surface area contributed by atoms with Crippen LogP contribution in [-0.2, 0) is 4.79 Å². The summed E-state index contributed by atoms with van der Waals surface area (Å²) >= 11 is 0. The topological polar surface area (TPSA) is 83.3 Å². The lowest BCUT2D eigenvalue weighted by atomic mass is 10.1. The second-order valence-electron chi connectivity index (χ2n) is 6.75. The average Bonchev–Trinajstić information content (AvgIpc) is 3.23. The van der Waals surface area contributed by atoms with Gasteiger partial charge in [0.2, 0.25) is 11.8 Å². The van der Waals surface area contributed by atoms with Crippen LogP contribution in [0.4, 0.5) is 11.7 Å². The van der Waals surface area contributed by atoms with Gasteiger partial charge in [0.15, 0.2) is 0 Å². The Morgan fingerprint density at radius 1 is 1.44 bits per heavy atom. The third-order valence-corrected chi connectivity index (χ3v) is 4.60. The number of carbonyl (C=O) groups excluding carboxylic acids is 1. The molecule has 1 amide bonds. The molecule has 2 atom stereocenters. The van der Waals surface area contributed by atoms with Crippen LogP contribution in [0.3, 0.4) is 0 Å². The molecule has 0 unspecified atom stereocenters. The Morgan fingerprint density at radius 3 is 2.96 bits per heavy atom. The van der Waals surface area contributed by atoms with Crippen LogP contribution in [0, 0.1) is 19.8 Å².